The second kappa shape index (κ2) is 8.86. The van der Waals surface area contributed by atoms with Crippen LogP contribution in [0.25, 0.3) is 6.08 Å². The Labute approximate surface area is 142 Å². The van der Waals surface area contributed by atoms with Gasteiger partial charge in [-0.25, -0.2) is 9.59 Å². The molecular weight excluding hydrogens is 341 g/mol. The molecule has 0 radical (unpaired) electrons. The summed E-state index contributed by atoms with van der Waals surface area (Å²) in [5, 5.41) is 4.30. The fourth-order valence-corrected chi connectivity index (χ4v) is 1.67. The van der Waals surface area contributed by atoms with Gasteiger partial charge < -0.3 is 10.1 Å². The first kappa shape index (κ1) is 20.2. The lowest BCUT2D eigenvalue weighted by atomic mass is 10.1. The van der Waals surface area contributed by atoms with Gasteiger partial charge in [0, 0.05) is 12.6 Å². The molecular formula is C16H17F3N2O4. The average molecular weight is 358 g/mol. The number of carbonyl (C=O) groups excluding carboxylic acids is 3. The number of imide groups is 1. The quantitative estimate of drug-likeness (QED) is 0.626. The minimum atomic E-state index is -4.49. The van der Waals surface area contributed by atoms with Gasteiger partial charge in [0.1, 0.15) is 0 Å². The summed E-state index contributed by atoms with van der Waals surface area (Å²) < 4.78 is 42.6. The third-order valence-corrected chi connectivity index (χ3v) is 2.86. The second-order valence-electron chi connectivity index (χ2n) is 4.88. The van der Waals surface area contributed by atoms with Crippen molar-refractivity contribution in [2.45, 2.75) is 26.1 Å². The number of hydrogen-bond acceptors (Lipinski definition) is 4. The van der Waals surface area contributed by atoms with Gasteiger partial charge >= 0.3 is 18.2 Å². The monoisotopic (exact) mass is 358 g/mol. The van der Waals surface area contributed by atoms with Crippen LogP contribution in [0.2, 0.25) is 0 Å². The minimum Gasteiger partial charge on any atom is -0.449 e. The molecule has 6 nitrogen and oxygen atoms in total. The Morgan fingerprint density at radius 3 is 2.56 bits per heavy atom. The lowest BCUT2D eigenvalue weighted by Gasteiger charge is -2.11. The number of alkyl halides is 3. The van der Waals surface area contributed by atoms with Crippen LogP contribution in [-0.2, 0) is 20.5 Å². The average Bonchev–Trinajstić information content (AvgIpc) is 2.52. The van der Waals surface area contributed by atoms with Crippen LogP contribution < -0.4 is 10.6 Å². The topological polar surface area (TPSA) is 84.5 Å². The van der Waals surface area contributed by atoms with E-state index in [0.29, 0.717) is 6.54 Å². The van der Waals surface area contributed by atoms with E-state index in [9.17, 15) is 27.6 Å². The van der Waals surface area contributed by atoms with Crippen molar-refractivity contribution in [1.29, 1.82) is 0 Å². The fourth-order valence-electron chi connectivity index (χ4n) is 1.67. The van der Waals surface area contributed by atoms with Gasteiger partial charge in [-0.15, -0.1) is 0 Å². The minimum absolute atomic E-state index is 0.145. The number of nitrogens with one attached hydrogen (secondary N) is 2. The Balaban J connectivity index is 2.63. The summed E-state index contributed by atoms with van der Waals surface area (Å²) in [5.74, 6) is -1.76. The predicted molar refractivity (Wildman–Crippen MR) is 83.2 cm³/mol. The van der Waals surface area contributed by atoms with Crippen LogP contribution in [0.5, 0.6) is 0 Å². The summed E-state index contributed by atoms with van der Waals surface area (Å²) in [6, 6.07) is 3.63. The molecule has 0 aliphatic rings. The van der Waals surface area contributed by atoms with E-state index < -0.39 is 35.8 Å². The Hall–Kier alpha value is -2.84. The fraction of sp³-hybridized carbons (Fsp3) is 0.312. The molecule has 1 atom stereocenters. The van der Waals surface area contributed by atoms with E-state index in [2.05, 4.69) is 5.32 Å². The van der Waals surface area contributed by atoms with Gasteiger partial charge in [0.05, 0.1) is 5.56 Å². The molecule has 0 fully saturated rings. The van der Waals surface area contributed by atoms with Crippen LogP contribution in [0.1, 0.15) is 25.0 Å². The van der Waals surface area contributed by atoms with Crippen LogP contribution >= 0.6 is 0 Å². The molecule has 0 heterocycles. The van der Waals surface area contributed by atoms with Crippen molar-refractivity contribution >= 4 is 24.0 Å². The van der Waals surface area contributed by atoms with Crippen LogP contribution in [0.4, 0.5) is 18.0 Å². The highest BCUT2D eigenvalue weighted by molar-refractivity contribution is 5.98. The van der Waals surface area contributed by atoms with Gasteiger partial charge in [-0.1, -0.05) is 12.1 Å². The Bertz CT molecular complexity index is 672. The number of benzene rings is 1. The summed E-state index contributed by atoms with van der Waals surface area (Å²) in [6.45, 7) is 3.23. The highest BCUT2D eigenvalue weighted by Crippen LogP contribution is 2.29. The zero-order chi connectivity index (χ0) is 19.0. The number of halogens is 3. The van der Waals surface area contributed by atoms with Crippen LogP contribution in [-0.4, -0.2) is 30.6 Å². The molecule has 0 saturated carbocycles. The third kappa shape index (κ3) is 7.06. The van der Waals surface area contributed by atoms with Crippen LogP contribution in [0, 0.1) is 0 Å². The third-order valence-electron chi connectivity index (χ3n) is 2.86. The van der Waals surface area contributed by atoms with Gasteiger partial charge in [0.2, 0.25) is 0 Å². The SMILES string of the molecule is CCNC(=O)NC(=O)C(C)OC(=O)C=Cc1cccc(C(F)(F)F)c1. The lowest BCUT2D eigenvalue weighted by molar-refractivity contribution is -0.149. The first-order valence-electron chi connectivity index (χ1n) is 7.28. The van der Waals surface area contributed by atoms with E-state index >= 15 is 0 Å². The molecule has 3 amide bonds. The van der Waals surface area contributed by atoms with Crippen LogP contribution in [0.15, 0.2) is 30.3 Å². The van der Waals surface area contributed by atoms with Crippen molar-refractivity contribution in [3.63, 3.8) is 0 Å². The van der Waals surface area contributed by atoms with Gasteiger partial charge in [0.25, 0.3) is 5.91 Å². The van der Waals surface area contributed by atoms with Gasteiger partial charge in [-0.3, -0.25) is 10.1 Å². The summed E-state index contributed by atoms with van der Waals surface area (Å²) in [4.78, 5) is 34.4. The van der Waals surface area contributed by atoms with Crippen molar-refractivity contribution in [3.05, 3.63) is 41.5 Å². The summed E-state index contributed by atoms with van der Waals surface area (Å²) in [5.41, 5.74) is -0.705. The maximum absolute atomic E-state index is 12.6. The molecule has 136 valence electrons. The van der Waals surface area contributed by atoms with Crippen LogP contribution in [0.3, 0.4) is 0 Å². The molecule has 1 rings (SSSR count). The highest BCUT2D eigenvalue weighted by Gasteiger charge is 2.30. The Kier molecular flexibility index (Phi) is 7.16. The molecule has 0 aliphatic heterocycles. The molecule has 1 aromatic rings. The zero-order valence-electron chi connectivity index (χ0n) is 13.5. The maximum atomic E-state index is 12.6. The van der Waals surface area contributed by atoms with Crippen molar-refractivity contribution in [1.82, 2.24) is 10.6 Å². The molecule has 0 saturated heterocycles. The molecule has 0 spiro atoms. The first-order valence-corrected chi connectivity index (χ1v) is 7.28. The van der Waals surface area contributed by atoms with E-state index in [1.807, 2.05) is 5.32 Å². The molecule has 0 aliphatic carbocycles. The van der Waals surface area contributed by atoms with Crippen molar-refractivity contribution in [2.24, 2.45) is 0 Å². The van der Waals surface area contributed by atoms with Gasteiger partial charge in [0.15, 0.2) is 6.10 Å². The van der Waals surface area contributed by atoms with E-state index in [0.717, 1.165) is 24.3 Å². The van der Waals surface area contributed by atoms with E-state index in [4.69, 9.17) is 4.74 Å². The first-order chi connectivity index (χ1) is 11.6. The smallest absolute Gasteiger partial charge is 0.416 e. The summed E-state index contributed by atoms with van der Waals surface area (Å²) in [6.07, 6.45) is -3.71. The largest absolute Gasteiger partial charge is 0.449 e. The van der Waals surface area contributed by atoms with E-state index in [1.54, 1.807) is 6.92 Å². The van der Waals surface area contributed by atoms with Gasteiger partial charge in [-0.05, 0) is 37.6 Å². The molecule has 9 heteroatoms. The predicted octanol–water partition coefficient (Wildman–Crippen LogP) is 2.50. The Morgan fingerprint density at radius 2 is 1.96 bits per heavy atom. The molecule has 2 N–H and O–H groups in total. The van der Waals surface area contributed by atoms with E-state index in [1.165, 1.54) is 19.1 Å². The van der Waals surface area contributed by atoms with E-state index in [-0.39, 0.29) is 5.56 Å². The number of rotatable bonds is 5. The molecule has 1 aromatic carbocycles. The maximum Gasteiger partial charge on any atom is 0.416 e. The number of hydrogen-bond donors (Lipinski definition) is 2. The van der Waals surface area contributed by atoms with Gasteiger partial charge in [-0.2, -0.15) is 13.2 Å². The molecule has 25 heavy (non-hydrogen) atoms. The Morgan fingerprint density at radius 1 is 1.28 bits per heavy atom. The number of esters is 1. The van der Waals surface area contributed by atoms with Crippen molar-refractivity contribution in [2.75, 3.05) is 6.54 Å². The number of amides is 3. The highest BCUT2D eigenvalue weighted by atomic mass is 19.4. The number of ether oxygens (including phenoxy) is 1. The zero-order valence-corrected chi connectivity index (χ0v) is 13.5. The summed E-state index contributed by atoms with van der Waals surface area (Å²) >= 11 is 0. The summed E-state index contributed by atoms with van der Waals surface area (Å²) in [7, 11) is 0. The normalized spacial score (nSPS) is 12.5. The van der Waals surface area contributed by atoms with Crippen molar-refractivity contribution < 1.29 is 32.3 Å². The molecule has 1 unspecified atom stereocenters. The van der Waals surface area contributed by atoms with Crippen molar-refractivity contribution in [3.8, 4) is 0 Å². The number of urea groups is 1. The molecule has 0 bridgehead atoms. The second-order valence-corrected chi connectivity index (χ2v) is 4.88. The molecule has 0 aromatic heterocycles. The standard InChI is InChI=1S/C16H17F3N2O4/c1-3-20-15(24)21-14(23)10(2)25-13(22)8-7-11-5-4-6-12(9-11)16(17,18)19/h4-10H,3H2,1-2H3,(H2,20,21,23,24). The lowest BCUT2D eigenvalue weighted by Crippen LogP contribution is -2.44. The number of carbonyl (C=O) groups is 3.